The molecule has 0 N–H and O–H groups in total. The molecule has 0 aliphatic heterocycles. The van der Waals surface area contributed by atoms with Crippen molar-refractivity contribution in [3.8, 4) is 0 Å². The number of carbonyl (C=O) groups excluding carboxylic acids is 1. The summed E-state index contributed by atoms with van der Waals surface area (Å²) < 4.78 is 7.50. The fourth-order valence-corrected chi connectivity index (χ4v) is 3.64. The molecular formula is C19H28N2O2. The van der Waals surface area contributed by atoms with Crippen molar-refractivity contribution < 1.29 is 9.53 Å². The third-order valence-corrected chi connectivity index (χ3v) is 4.99. The second-order valence-electron chi connectivity index (χ2n) is 6.81. The first-order chi connectivity index (χ1) is 11.3. The van der Waals surface area contributed by atoms with Crippen LogP contribution in [0.1, 0.15) is 69.0 Å². The largest absolute Gasteiger partial charge is 0.368 e. The summed E-state index contributed by atoms with van der Waals surface area (Å²) in [6, 6.07) is 6.14. The maximum absolute atomic E-state index is 12.5. The molecule has 0 spiro atoms. The van der Waals surface area contributed by atoms with Gasteiger partial charge in [-0.1, -0.05) is 44.6 Å². The molecule has 2 fully saturated rings. The second kappa shape index (κ2) is 8.44. The first-order valence-electron chi connectivity index (χ1n) is 9.19. The monoisotopic (exact) mass is 316 g/mol. The van der Waals surface area contributed by atoms with E-state index in [-0.39, 0.29) is 18.6 Å². The number of pyridine rings is 1. The third kappa shape index (κ3) is 4.77. The standard InChI is InChI=1S/C19H28N2O2/c22-19(15-23-17-11-5-2-6-12-17)21-14-8-7-13-18(21)20-16-9-3-1-4-10-16/h7-8,13-14,16-17H,1-6,9-12,15H2. The number of hydrogen-bond acceptors (Lipinski definition) is 3. The molecule has 1 aromatic rings. The van der Waals surface area contributed by atoms with Gasteiger partial charge in [-0.2, -0.15) is 0 Å². The Kier molecular flexibility index (Phi) is 6.03. The van der Waals surface area contributed by atoms with E-state index in [4.69, 9.17) is 9.73 Å². The van der Waals surface area contributed by atoms with Gasteiger partial charge < -0.3 is 4.74 Å². The summed E-state index contributed by atoms with van der Waals surface area (Å²) in [6.45, 7) is 0.159. The Hall–Kier alpha value is -1.42. The highest BCUT2D eigenvalue weighted by Crippen LogP contribution is 2.20. The van der Waals surface area contributed by atoms with Crippen molar-refractivity contribution in [3.63, 3.8) is 0 Å². The summed E-state index contributed by atoms with van der Waals surface area (Å²) in [6.07, 6.45) is 14.1. The minimum atomic E-state index is -0.00858. The van der Waals surface area contributed by atoms with E-state index >= 15 is 0 Å². The van der Waals surface area contributed by atoms with Gasteiger partial charge in [-0.05, 0) is 37.8 Å². The minimum Gasteiger partial charge on any atom is -0.368 e. The lowest BCUT2D eigenvalue weighted by atomic mass is 9.96. The Morgan fingerprint density at radius 1 is 1.04 bits per heavy atom. The third-order valence-electron chi connectivity index (χ3n) is 4.99. The lowest BCUT2D eigenvalue weighted by molar-refractivity contribution is 0.0233. The molecule has 23 heavy (non-hydrogen) atoms. The molecule has 0 radical (unpaired) electrons. The van der Waals surface area contributed by atoms with E-state index in [2.05, 4.69) is 0 Å². The minimum absolute atomic E-state index is 0.00858. The Morgan fingerprint density at radius 3 is 2.48 bits per heavy atom. The van der Waals surface area contributed by atoms with Crippen LogP contribution in [0, 0.1) is 0 Å². The van der Waals surface area contributed by atoms with Crippen LogP contribution in [0.4, 0.5) is 0 Å². The number of hydrogen-bond donors (Lipinski definition) is 0. The van der Waals surface area contributed by atoms with Crippen molar-refractivity contribution in [3.05, 3.63) is 29.9 Å². The van der Waals surface area contributed by atoms with Crippen molar-refractivity contribution in [1.82, 2.24) is 4.57 Å². The molecule has 4 nitrogen and oxygen atoms in total. The molecule has 3 rings (SSSR count). The van der Waals surface area contributed by atoms with Crippen molar-refractivity contribution in [2.24, 2.45) is 4.99 Å². The molecule has 1 aromatic heterocycles. The summed E-state index contributed by atoms with van der Waals surface area (Å²) in [5.41, 5.74) is 0.775. The average molecular weight is 316 g/mol. The Labute approximate surface area is 138 Å². The van der Waals surface area contributed by atoms with E-state index in [0.29, 0.717) is 6.04 Å². The molecule has 2 saturated carbocycles. The predicted octanol–water partition coefficient (Wildman–Crippen LogP) is 3.71. The molecule has 4 heteroatoms. The van der Waals surface area contributed by atoms with Gasteiger partial charge in [-0.25, -0.2) is 0 Å². The van der Waals surface area contributed by atoms with Gasteiger partial charge in [0.05, 0.1) is 12.1 Å². The van der Waals surface area contributed by atoms with Crippen LogP contribution in [0.15, 0.2) is 29.4 Å². The molecule has 126 valence electrons. The number of carbonyl (C=O) groups is 1. The average Bonchev–Trinajstić information content (AvgIpc) is 2.62. The fraction of sp³-hybridized carbons (Fsp3) is 0.684. The normalized spacial score (nSPS) is 21.5. The second-order valence-corrected chi connectivity index (χ2v) is 6.81. The van der Waals surface area contributed by atoms with Gasteiger partial charge in [0.1, 0.15) is 12.1 Å². The molecule has 0 amide bonds. The van der Waals surface area contributed by atoms with Crippen molar-refractivity contribution in [2.75, 3.05) is 6.61 Å². The smallest absolute Gasteiger partial charge is 0.258 e. The maximum Gasteiger partial charge on any atom is 0.258 e. The highest BCUT2D eigenvalue weighted by molar-refractivity contribution is 5.79. The first kappa shape index (κ1) is 16.4. The van der Waals surface area contributed by atoms with Gasteiger partial charge in [0.2, 0.25) is 0 Å². The van der Waals surface area contributed by atoms with Gasteiger partial charge in [-0.15, -0.1) is 0 Å². The topological polar surface area (TPSA) is 43.6 Å². The zero-order valence-corrected chi connectivity index (χ0v) is 14.0. The van der Waals surface area contributed by atoms with Crippen molar-refractivity contribution in [1.29, 1.82) is 0 Å². The van der Waals surface area contributed by atoms with Gasteiger partial charge >= 0.3 is 0 Å². The molecular weight excluding hydrogens is 288 g/mol. The highest BCUT2D eigenvalue weighted by atomic mass is 16.5. The molecule has 0 bridgehead atoms. The van der Waals surface area contributed by atoms with E-state index in [1.54, 1.807) is 4.57 Å². The lowest BCUT2D eigenvalue weighted by Crippen LogP contribution is -2.32. The summed E-state index contributed by atoms with van der Waals surface area (Å²) in [4.78, 5) is 17.3. The molecule has 0 atom stereocenters. The van der Waals surface area contributed by atoms with E-state index in [0.717, 1.165) is 31.2 Å². The van der Waals surface area contributed by atoms with Gasteiger partial charge in [-0.3, -0.25) is 14.4 Å². The van der Waals surface area contributed by atoms with Gasteiger partial charge in [0.25, 0.3) is 5.91 Å². The van der Waals surface area contributed by atoms with Crippen LogP contribution in [0.5, 0.6) is 0 Å². The first-order valence-corrected chi connectivity index (χ1v) is 9.19. The zero-order chi connectivity index (χ0) is 15.9. The summed E-state index contributed by atoms with van der Waals surface area (Å²) in [5.74, 6) is -0.00858. The predicted molar refractivity (Wildman–Crippen MR) is 90.3 cm³/mol. The SMILES string of the molecule is O=C(COC1CCCCC1)n1ccccc1=NC1CCCCC1. The molecule has 0 unspecified atom stereocenters. The van der Waals surface area contributed by atoms with Crippen LogP contribution in [0.2, 0.25) is 0 Å². The zero-order valence-electron chi connectivity index (χ0n) is 14.0. The Bertz CT molecular complexity index is 567. The van der Waals surface area contributed by atoms with E-state index in [9.17, 15) is 4.79 Å². The maximum atomic E-state index is 12.5. The van der Waals surface area contributed by atoms with Crippen molar-refractivity contribution >= 4 is 5.91 Å². The fourth-order valence-electron chi connectivity index (χ4n) is 3.64. The summed E-state index contributed by atoms with van der Waals surface area (Å²) >= 11 is 0. The van der Waals surface area contributed by atoms with Crippen LogP contribution >= 0.6 is 0 Å². The number of aromatic nitrogens is 1. The Balaban J connectivity index is 1.66. The van der Waals surface area contributed by atoms with Crippen molar-refractivity contribution in [2.45, 2.75) is 76.4 Å². The molecule has 1 heterocycles. The van der Waals surface area contributed by atoms with E-state index < -0.39 is 0 Å². The van der Waals surface area contributed by atoms with Crippen LogP contribution in [-0.4, -0.2) is 29.2 Å². The van der Waals surface area contributed by atoms with Gasteiger partial charge in [0, 0.05) is 6.20 Å². The van der Waals surface area contributed by atoms with E-state index in [1.165, 1.54) is 38.5 Å². The van der Waals surface area contributed by atoms with Crippen LogP contribution in [0.25, 0.3) is 0 Å². The molecule has 2 aliphatic rings. The molecule has 0 saturated heterocycles. The number of ether oxygens (including phenoxy) is 1. The summed E-state index contributed by atoms with van der Waals surface area (Å²) in [7, 11) is 0. The number of nitrogens with zero attached hydrogens (tertiary/aromatic N) is 2. The van der Waals surface area contributed by atoms with Crippen LogP contribution in [-0.2, 0) is 4.74 Å². The number of rotatable bonds is 4. The molecule has 2 aliphatic carbocycles. The lowest BCUT2D eigenvalue weighted by Gasteiger charge is -2.22. The Morgan fingerprint density at radius 2 is 1.74 bits per heavy atom. The van der Waals surface area contributed by atoms with Crippen LogP contribution in [0.3, 0.4) is 0 Å². The molecule has 0 aromatic carbocycles. The van der Waals surface area contributed by atoms with E-state index in [1.807, 2.05) is 24.4 Å². The van der Waals surface area contributed by atoms with Crippen LogP contribution < -0.4 is 5.49 Å². The van der Waals surface area contributed by atoms with Gasteiger partial charge in [0.15, 0.2) is 0 Å². The quantitative estimate of drug-likeness (QED) is 0.850. The highest BCUT2D eigenvalue weighted by Gasteiger charge is 2.16. The summed E-state index contributed by atoms with van der Waals surface area (Å²) in [5, 5.41) is 0.